The second-order valence-corrected chi connectivity index (χ2v) is 7.51. The highest BCUT2D eigenvalue weighted by Crippen LogP contribution is 2.26. The van der Waals surface area contributed by atoms with E-state index in [0.29, 0.717) is 17.5 Å². The summed E-state index contributed by atoms with van der Waals surface area (Å²) < 4.78 is 30.5. The zero-order valence-electron chi connectivity index (χ0n) is 20.7. The van der Waals surface area contributed by atoms with Crippen molar-refractivity contribution >= 4 is 40.0 Å². The van der Waals surface area contributed by atoms with E-state index < -0.39 is 23.5 Å². The molecule has 9 nitrogen and oxygen atoms in total. The van der Waals surface area contributed by atoms with Crippen LogP contribution in [-0.2, 0) is 25.7 Å². The first-order valence-corrected chi connectivity index (χ1v) is 11.8. The van der Waals surface area contributed by atoms with Gasteiger partial charge in [-0.15, -0.1) is 11.3 Å². The summed E-state index contributed by atoms with van der Waals surface area (Å²) in [4.78, 5) is 40.7. The monoisotopic (exact) mass is 510 g/mol. The van der Waals surface area contributed by atoms with Crippen LogP contribution in [0.15, 0.2) is 29.8 Å². The zero-order valence-corrected chi connectivity index (χ0v) is 21.5. The van der Waals surface area contributed by atoms with Gasteiger partial charge < -0.3 is 23.9 Å². The van der Waals surface area contributed by atoms with Gasteiger partial charge in [-0.3, -0.25) is 9.59 Å². The van der Waals surface area contributed by atoms with Crippen molar-refractivity contribution < 1.29 is 38.1 Å². The highest BCUT2D eigenvalue weighted by Gasteiger charge is 2.22. The maximum Gasteiger partial charge on any atom is 0.357 e. The summed E-state index contributed by atoms with van der Waals surface area (Å²) in [5, 5.41) is 8.99. The van der Waals surface area contributed by atoms with Crippen molar-refractivity contribution in [2.75, 3.05) is 20.8 Å². The number of rotatable bonds is 9. The van der Waals surface area contributed by atoms with Crippen molar-refractivity contribution in [1.82, 2.24) is 9.55 Å². The molecule has 0 spiro atoms. The van der Waals surface area contributed by atoms with Crippen molar-refractivity contribution in [3.63, 3.8) is 0 Å². The minimum absolute atomic E-state index is 0.0305. The Labute approximate surface area is 207 Å². The predicted molar refractivity (Wildman–Crippen MR) is 130 cm³/mol. The maximum absolute atomic E-state index is 13.9. The van der Waals surface area contributed by atoms with Crippen molar-refractivity contribution in [1.29, 1.82) is 0 Å². The molecule has 0 aliphatic heterocycles. The van der Waals surface area contributed by atoms with E-state index in [0.717, 1.165) is 18.4 Å². The average Bonchev–Trinajstić information content (AvgIpc) is 3.50. The number of carbonyl (C=O) groups is 3. The number of ether oxygens (including phenoxy) is 3. The summed E-state index contributed by atoms with van der Waals surface area (Å²) in [6.07, 6.45) is 1.26. The third-order valence-electron chi connectivity index (χ3n) is 4.45. The summed E-state index contributed by atoms with van der Waals surface area (Å²) >= 11 is 1.00. The lowest BCUT2D eigenvalue weighted by atomic mass is 10.1. The van der Waals surface area contributed by atoms with Gasteiger partial charge in [0, 0.05) is 30.7 Å². The van der Waals surface area contributed by atoms with Crippen LogP contribution in [0.3, 0.4) is 0 Å². The number of halogens is 1. The van der Waals surface area contributed by atoms with Gasteiger partial charge in [0.15, 0.2) is 17.4 Å². The fraction of sp³-hybridized carbons (Fsp3) is 0.417. The van der Waals surface area contributed by atoms with Gasteiger partial charge in [0.2, 0.25) is 5.78 Å². The Balaban J connectivity index is 0.00000145. The van der Waals surface area contributed by atoms with Crippen LogP contribution in [-0.4, -0.2) is 59.3 Å². The molecular formula is C24H31FN2O7S. The van der Waals surface area contributed by atoms with Crippen LogP contribution in [0.4, 0.5) is 4.39 Å². The number of ketones is 1. The highest BCUT2D eigenvalue weighted by atomic mass is 32.1. The lowest BCUT2D eigenvalue weighted by molar-refractivity contribution is -0.150. The van der Waals surface area contributed by atoms with Crippen LogP contribution in [0.2, 0.25) is 0 Å². The minimum Gasteiger partial charge on any atom is -0.464 e. The summed E-state index contributed by atoms with van der Waals surface area (Å²) in [6.45, 7) is 7.88. The molecule has 0 aliphatic rings. The predicted octanol–water partition coefficient (Wildman–Crippen LogP) is 4.21. The second kappa shape index (κ2) is 15.0. The first-order valence-electron chi connectivity index (χ1n) is 10.9. The molecule has 2 aromatic heterocycles. The van der Waals surface area contributed by atoms with Gasteiger partial charge in [-0.2, -0.15) is 0 Å². The van der Waals surface area contributed by atoms with E-state index >= 15 is 0 Å². The Morgan fingerprint density at radius 2 is 1.91 bits per heavy atom. The van der Waals surface area contributed by atoms with Gasteiger partial charge in [0.25, 0.3) is 0 Å². The zero-order chi connectivity index (χ0) is 26.5. The standard InChI is InChI=1S/C21H21FN2O6S.C2H6.CH4O/c1-4-29-12(2)7-18(25)30-11-24-9-15(14-6-5-13(22)8-17(14)24)19(26)20-23-16(10-31-20)21(27)28-3;2*1-2/h5-6,8-10,12H,4,7,11H2,1-3H3;1-2H3;2H,1H3. The van der Waals surface area contributed by atoms with Gasteiger partial charge in [-0.25, -0.2) is 14.2 Å². The third kappa shape index (κ3) is 7.94. The van der Waals surface area contributed by atoms with Gasteiger partial charge in [0.05, 0.1) is 30.7 Å². The number of hydrogen-bond donors (Lipinski definition) is 1. The molecule has 3 rings (SSSR count). The molecule has 1 atom stereocenters. The number of aliphatic hydroxyl groups is 1. The number of carbonyl (C=O) groups excluding carboxylic acids is 3. The van der Waals surface area contributed by atoms with E-state index in [9.17, 15) is 18.8 Å². The van der Waals surface area contributed by atoms with Crippen LogP contribution in [0, 0.1) is 5.82 Å². The molecule has 1 N–H and O–H groups in total. The normalized spacial score (nSPS) is 11.0. The van der Waals surface area contributed by atoms with Crippen LogP contribution in [0.5, 0.6) is 0 Å². The van der Waals surface area contributed by atoms with Crippen LogP contribution < -0.4 is 0 Å². The third-order valence-corrected chi connectivity index (χ3v) is 5.29. The first-order chi connectivity index (χ1) is 16.8. The number of aromatic nitrogens is 2. The molecule has 192 valence electrons. The van der Waals surface area contributed by atoms with Gasteiger partial charge in [-0.1, -0.05) is 13.8 Å². The number of thiazole rings is 1. The number of nitrogens with zero attached hydrogens (tertiary/aromatic N) is 2. The lowest BCUT2D eigenvalue weighted by Crippen LogP contribution is -2.17. The molecule has 0 saturated carbocycles. The number of esters is 2. The van der Waals surface area contributed by atoms with Crippen LogP contribution in [0.25, 0.3) is 10.9 Å². The van der Waals surface area contributed by atoms with Crippen LogP contribution >= 0.6 is 11.3 Å². The fourth-order valence-electron chi connectivity index (χ4n) is 3.02. The number of fused-ring (bicyclic) bond motifs is 1. The van der Waals surface area contributed by atoms with Crippen molar-refractivity contribution in [2.45, 2.75) is 47.0 Å². The van der Waals surface area contributed by atoms with Crippen molar-refractivity contribution in [3.8, 4) is 0 Å². The Bertz CT molecular complexity index is 1130. The highest BCUT2D eigenvalue weighted by molar-refractivity contribution is 7.12. The minimum atomic E-state index is -0.645. The van der Waals surface area contributed by atoms with Gasteiger partial charge >= 0.3 is 11.9 Å². The van der Waals surface area contributed by atoms with Crippen LogP contribution in [0.1, 0.15) is 60.0 Å². The Morgan fingerprint density at radius 1 is 1.23 bits per heavy atom. The quantitative estimate of drug-likeness (QED) is 0.336. The topological polar surface area (TPSA) is 117 Å². The first kappa shape index (κ1) is 29.9. The average molecular weight is 511 g/mol. The molecule has 0 amide bonds. The largest absolute Gasteiger partial charge is 0.464 e. The smallest absolute Gasteiger partial charge is 0.357 e. The van der Waals surface area contributed by atoms with Crippen molar-refractivity contribution in [3.05, 3.63) is 51.9 Å². The molecular weight excluding hydrogens is 479 g/mol. The fourth-order valence-corrected chi connectivity index (χ4v) is 3.76. The Hall–Kier alpha value is -3.15. The summed E-state index contributed by atoms with van der Waals surface area (Å²) in [5.74, 6) is -2.06. The summed E-state index contributed by atoms with van der Waals surface area (Å²) in [7, 11) is 2.22. The molecule has 0 aliphatic carbocycles. The number of aliphatic hydroxyl groups excluding tert-OH is 1. The summed E-state index contributed by atoms with van der Waals surface area (Å²) in [5.41, 5.74) is 0.668. The molecule has 35 heavy (non-hydrogen) atoms. The van der Waals surface area contributed by atoms with E-state index in [-0.39, 0.29) is 35.5 Å². The molecule has 2 heterocycles. The van der Waals surface area contributed by atoms with E-state index in [4.69, 9.17) is 14.6 Å². The second-order valence-electron chi connectivity index (χ2n) is 6.65. The SMILES string of the molecule is CC.CCOC(C)CC(=O)OCn1cc(C(=O)c2nc(C(=O)OC)cs2)c2ccc(F)cc21.CO. The molecule has 1 aromatic carbocycles. The van der Waals surface area contributed by atoms with Gasteiger partial charge in [0.1, 0.15) is 5.82 Å². The number of benzene rings is 1. The molecule has 1 unspecified atom stereocenters. The van der Waals surface area contributed by atoms with Crippen molar-refractivity contribution in [2.24, 2.45) is 0 Å². The van der Waals surface area contributed by atoms with E-state index in [1.54, 1.807) is 6.92 Å². The van der Waals surface area contributed by atoms with Gasteiger partial charge in [-0.05, 0) is 32.0 Å². The maximum atomic E-state index is 13.9. The lowest BCUT2D eigenvalue weighted by Gasteiger charge is -2.12. The Morgan fingerprint density at radius 3 is 2.54 bits per heavy atom. The molecule has 0 bridgehead atoms. The summed E-state index contributed by atoms with van der Waals surface area (Å²) in [6, 6.07) is 3.97. The van der Waals surface area contributed by atoms with E-state index in [1.807, 2.05) is 20.8 Å². The number of hydrogen-bond acceptors (Lipinski definition) is 9. The molecule has 0 fully saturated rings. The molecule has 3 aromatic rings. The molecule has 11 heteroatoms. The van der Waals surface area contributed by atoms with E-state index in [1.165, 1.54) is 41.5 Å². The molecule has 0 radical (unpaired) electrons. The Kier molecular flexibility index (Phi) is 12.8. The number of methoxy groups -OCH3 is 1. The molecule has 0 saturated heterocycles. The van der Waals surface area contributed by atoms with E-state index in [2.05, 4.69) is 9.72 Å².